The van der Waals surface area contributed by atoms with E-state index in [0.717, 1.165) is 40.7 Å². The maximum atomic E-state index is 6.33. The molecule has 0 N–H and O–H groups in total. The number of ether oxygens (including phenoxy) is 1. The summed E-state index contributed by atoms with van der Waals surface area (Å²) < 4.78 is 8.54. The first-order valence-corrected chi connectivity index (χ1v) is 11.0. The number of fused-ring (bicyclic) bond motifs is 3. The molecule has 1 aliphatic rings. The highest BCUT2D eigenvalue weighted by Gasteiger charge is 2.15. The number of pyridine rings is 1. The molecule has 0 atom stereocenters. The number of benzene rings is 3. The monoisotopic (exact) mass is 432 g/mol. The summed E-state index contributed by atoms with van der Waals surface area (Å²) >= 11 is 0. The average molecular weight is 433 g/mol. The van der Waals surface area contributed by atoms with Crippen LogP contribution in [0.5, 0.6) is 11.5 Å². The van der Waals surface area contributed by atoms with Crippen molar-refractivity contribution in [1.29, 1.82) is 0 Å². The lowest BCUT2D eigenvalue weighted by molar-refractivity contribution is 0.481. The molecule has 162 valence electrons. The van der Waals surface area contributed by atoms with Crippen LogP contribution < -0.4 is 9.64 Å². The molecule has 0 saturated carbocycles. The van der Waals surface area contributed by atoms with Gasteiger partial charge in [-0.05, 0) is 55.0 Å². The van der Waals surface area contributed by atoms with Crippen LogP contribution in [0.25, 0.3) is 27.6 Å². The summed E-state index contributed by atoms with van der Waals surface area (Å²) in [7, 11) is 2.06. The van der Waals surface area contributed by atoms with Gasteiger partial charge in [0.25, 0.3) is 0 Å². The Morgan fingerprint density at radius 2 is 1.64 bits per heavy atom. The van der Waals surface area contributed by atoms with Gasteiger partial charge in [-0.3, -0.25) is 4.57 Å². The third kappa shape index (κ3) is 3.48. The molecule has 33 heavy (non-hydrogen) atoms. The van der Waals surface area contributed by atoms with Crippen molar-refractivity contribution >= 4 is 27.5 Å². The number of hydrogen-bond donors (Lipinski definition) is 0. The molecule has 5 aromatic rings. The highest BCUT2D eigenvalue weighted by molar-refractivity contribution is 6.09. The predicted molar refractivity (Wildman–Crippen MR) is 134 cm³/mol. The van der Waals surface area contributed by atoms with E-state index < -0.39 is 0 Å². The first-order chi connectivity index (χ1) is 16.2. The van der Waals surface area contributed by atoms with Crippen molar-refractivity contribution in [2.45, 2.75) is 6.92 Å². The summed E-state index contributed by atoms with van der Waals surface area (Å²) in [5.74, 6) is 2.52. The predicted octanol–water partition coefficient (Wildman–Crippen LogP) is 6.46. The normalized spacial score (nSPS) is 13.4. The fourth-order valence-corrected chi connectivity index (χ4v) is 4.46. The SMILES string of the molecule is Cc1ccnc(-n2c3ccccc3c3ccc(Oc4cccc(N5C=CN(C)C5)c4)cc32)c1. The minimum absolute atomic E-state index is 0.797. The number of nitrogens with zero attached hydrogens (tertiary/aromatic N) is 4. The second-order valence-electron chi connectivity index (χ2n) is 8.49. The van der Waals surface area contributed by atoms with Gasteiger partial charge in [0.15, 0.2) is 0 Å². The third-order valence-corrected chi connectivity index (χ3v) is 6.04. The molecular weight excluding hydrogens is 408 g/mol. The van der Waals surface area contributed by atoms with Crippen LogP contribution in [0.2, 0.25) is 0 Å². The fourth-order valence-electron chi connectivity index (χ4n) is 4.46. The van der Waals surface area contributed by atoms with E-state index in [-0.39, 0.29) is 0 Å². The van der Waals surface area contributed by atoms with Gasteiger partial charge in [0.2, 0.25) is 0 Å². The van der Waals surface area contributed by atoms with Crippen LogP contribution in [-0.2, 0) is 0 Å². The van der Waals surface area contributed by atoms with Crippen molar-refractivity contribution in [3.8, 4) is 17.3 Å². The number of rotatable bonds is 4. The van der Waals surface area contributed by atoms with Crippen molar-refractivity contribution in [3.05, 3.63) is 103 Å². The molecular formula is C28H24N4O. The van der Waals surface area contributed by atoms with Gasteiger partial charge >= 0.3 is 0 Å². The largest absolute Gasteiger partial charge is 0.457 e. The van der Waals surface area contributed by atoms with Gasteiger partial charge in [0.1, 0.15) is 17.3 Å². The molecule has 3 aromatic carbocycles. The Bertz CT molecular complexity index is 1520. The summed E-state index contributed by atoms with van der Waals surface area (Å²) in [4.78, 5) is 8.99. The maximum Gasteiger partial charge on any atom is 0.137 e. The van der Waals surface area contributed by atoms with Gasteiger partial charge in [0, 0.05) is 54.2 Å². The van der Waals surface area contributed by atoms with Crippen LogP contribution in [0.1, 0.15) is 5.56 Å². The third-order valence-electron chi connectivity index (χ3n) is 6.04. The molecule has 0 saturated heterocycles. The highest BCUT2D eigenvalue weighted by Crippen LogP contribution is 2.35. The number of aromatic nitrogens is 2. The molecule has 0 spiro atoms. The van der Waals surface area contributed by atoms with E-state index in [4.69, 9.17) is 4.74 Å². The summed E-state index contributed by atoms with van der Waals surface area (Å²) in [5.41, 5.74) is 4.49. The van der Waals surface area contributed by atoms with Crippen molar-refractivity contribution < 1.29 is 4.74 Å². The zero-order chi connectivity index (χ0) is 22.4. The van der Waals surface area contributed by atoms with E-state index in [1.54, 1.807) is 0 Å². The van der Waals surface area contributed by atoms with Crippen molar-refractivity contribution in [2.24, 2.45) is 0 Å². The van der Waals surface area contributed by atoms with E-state index in [0.29, 0.717) is 0 Å². The van der Waals surface area contributed by atoms with Gasteiger partial charge in [-0.15, -0.1) is 0 Å². The Balaban J connectivity index is 1.43. The number of para-hydroxylation sites is 1. The summed E-state index contributed by atoms with van der Waals surface area (Å²) in [6, 6.07) is 27.1. The average Bonchev–Trinajstić information content (AvgIpc) is 3.40. The standard InChI is InChI=1S/C28H24N4O/c1-20-12-13-29-28(16-20)32-26-9-4-3-8-24(26)25-11-10-23(18-27(25)32)33-22-7-5-6-21(17-22)31-15-14-30(2)19-31/h3-18H,19H2,1-2H3. The van der Waals surface area contributed by atoms with E-state index in [9.17, 15) is 0 Å². The van der Waals surface area contributed by atoms with Crippen molar-refractivity contribution in [3.63, 3.8) is 0 Å². The molecule has 5 nitrogen and oxygen atoms in total. The summed E-state index contributed by atoms with van der Waals surface area (Å²) in [5, 5.41) is 2.38. The van der Waals surface area contributed by atoms with Gasteiger partial charge in [-0.1, -0.05) is 24.3 Å². The van der Waals surface area contributed by atoms with Gasteiger partial charge in [-0.2, -0.15) is 0 Å². The summed E-state index contributed by atoms with van der Waals surface area (Å²) in [6.07, 6.45) is 6.01. The Morgan fingerprint density at radius 1 is 0.788 bits per heavy atom. The molecule has 6 rings (SSSR count). The van der Waals surface area contributed by atoms with Gasteiger partial charge in [-0.25, -0.2) is 4.98 Å². The van der Waals surface area contributed by atoms with Crippen LogP contribution in [0.3, 0.4) is 0 Å². The zero-order valence-corrected chi connectivity index (χ0v) is 18.6. The zero-order valence-electron chi connectivity index (χ0n) is 18.6. The second kappa shape index (κ2) is 7.71. The maximum absolute atomic E-state index is 6.33. The van der Waals surface area contributed by atoms with Crippen LogP contribution in [0.4, 0.5) is 5.69 Å². The number of hydrogen-bond acceptors (Lipinski definition) is 4. The van der Waals surface area contributed by atoms with Crippen LogP contribution >= 0.6 is 0 Å². The van der Waals surface area contributed by atoms with E-state index >= 15 is 0 Å². The second-order valence-corrected chi connectivity index (χ2v) is 8.49. The molecule has 5 heteroatoms. The first-order valence-electron chi connectivity index (χ1n) is 11.0. The Morgan fingerprint density at radius 3 is 2.48 bits per heavy atom. The highest BCUT2D eigenvalue weighted by atomic mass is 16.5. The van der Waals surface area contributed by atoms with E-state index in [1.807, 2.05) is 30.5 Å². The Kier molecular flexibility index (Phi) is 4.54. The number of anilines is 1. The van der Waals surface area contributed by atoms with Crippen molar-refractivity contribution in [2.75, 3.05) is 18.6 Å². The molecule has 2 aromatic heterocycles. The Labute approximate surface area is 192 Å². The van der Waals surface area contributed by atoms with Gasteiger partial charge in [0.05, 0.1) is 17.7 Å². The lowest BCUT2D eigenvalue weighted by atomic mass is 10.1. The first kappa shape index (κ1) is 19.4. The van der Waals surface area contributed by atoms with Crippen molar-refractivity contribution in [1.82, 2.24) is 14.5 Å². The molecule has 0 aliphatic carbocycles. The molecule has 3 heterocycles. The van der Waals surface area contributed by atoms with Crippen LogP contribution in [-0.4, -0.2) is 28.2 Å². The molecule has 1 aliphatic heterocycles. The minimum atomic E-state index is 0.797. The fraction of sp³-hybridized carbons (Fsp3) is 0.107. The quantitative estimate of drug-likeness (QED) is 0.326. The molecule has 0 radical (unpaired) electrons. The minimum Gasteiger partial charge on any atom is -0.457 e. The number of aryl methyl sites for hydroxylation is 1. The molecule has 0 fully saturated rings. The molecule has 0 bridgehead atoms. The topological polar surface area (TPSA) is 33.5 Å². The molecule has 0 unspecified atom stereocenters. The molecule has 0 amide bonds. The van der Waals surface area contributed by atoms with E-state index in [2.05, 4.69) is 100 Å². The van der Waals surface area contributed by atoms with Gasteiger partial charge < -0.3 is 14.5 Å². The smallest absolute Gasteiger partial charge is 0.137 e. The summed E-state index contributed by atoms with van der Waals surface area (Å²) in [6.45, 7) is 2.92. The van der Waals surface area contributed by atoms with Crippen LogP contribution in [0.15, 0.2) is 97.5 Å². The van der Waals surface area contributed by atoms with Crippen LogP contribution in [0, 0.1) is 6.92 Å². The lowest BCUT2D eigenvalue weighted by Gasteiger charge is -2.19. The van der Waals surface area contributed by atoms with E-state index in [1.165, 1.54) is 16.3 Å². The lowest BCUT2D eigenvalue weighted by Crippen LogP contribution is -2.21. The Hall–Kier alpha value is -4.25.